The topological polar surface area (TPSA) is 38.0 Å². The molecule has 0 heterocycles. The first-order valence-electron chi connectivity index (χ1n) is 5.65. The van der Waals surface area contributed by atoms with Gasteiger partial charge >= 0.3 is 0 Å². The van der Waals surface area contributed by atoms with Crippen molar-refractivity contribution >= 4 is 22.6 Å². The fourth-order valence-corrected chi connectivity index (χ4v) is 2.21. The zero-order chi connectivity index (χ0) is 13.0. The van der Waals surface area contributed by atoms with Gasteiger partial charge in [0.25, 0.3) is 0 Å². The van der Waals surface area contributed by atoms with Gasteiger partial charge in [-0.2, -0.15) is 0 Å². The lowest BCUT2D eigenvalue weighted by molar-refractivity contribution is 0.544. The molecule has 2 rings (SSSR count). The number of hydrazine groups is 1. The van der Waals surface area contributed by atoms with Crippen LogP contribution < -0.4 is 11.3 Å². The van der Waals surface area contributed by atoms with Crippen LogP contribution in [0, 0.1) is 9.39 Å². The molecule has 2 aromatic rings. The summed E-state index contributed by atoms with van der Waals surface area (Å²) in [6, 6.07) is 14.7. The highest BCUT2D eigenvalue weighted by Gasteiger charge is 2.11. The second kappa shape index (κ2) is 6.26. The molecule has 0 spiro atoms. The number of rotatable bonds is 4. The average molecular weight is 356 g/mol. The Kier molecular flexibility index (Phi) is 4.68. The fraction of sp³-hybridized carbons (Fsp3) is 0.143. The van der Waals surface area contributed by atoms with Crippen molar-refractivity contribution in [3.05, 3.63) is 69.0 Å². The van der Waals surface area contributed by atoms with Gasteiger partial charge in [-0.25, -0.2) is 4.39 Å². The molecule has 2 nitrogen and oxygen atoms in total. The molecule has 0 aliphatic carbocycles. The normalized spacial score (nSPS) is 12.4. The summed E-state index contributed by atoms with van der Waals surface area (Å²) >= 11 is 2.27. The zero-order valence-corrected chi connectivity index (χ0v) is 11.9. The minimum atomic E-state index is -0.240. The molecule has 2 aromatic carbocycles. The van der Waals surface area contributed by atoms with Crippen LogP contribution in [0.25, 0.3) is 0 Å². The Bertz CT molecular complexity index is 513. The molecular weight excluding hydrogens is 342 g/mol. The first-order chi connectivity index (χ1) is 8.69. The zero-order valence-electron chi connectivity index (χ0n) is 9.74. The van der Waals surface area contributed by atoms with Gasteiger partial charge in [-0.05, 0) is 64.4 Å². The van der Waals surface area contributed by atoms with Crippen molar-refractivity contribution in [1.29, 1.82) is 0 Å². The van der Waals surface area contributed by atoms with Crippen molar-refractivity contribution in [2.75, 3.05) is 0 Å². The van der Waals surface area contributed by atoms with E-state index >= 15 is 0 Å². The Hall–Kier alpha value is -0.980. The molecule has 94 valence electrons. The van der Waals surface area contributed by atoms with Crippen LogP contribution in [0.15, 0.2) is 48.5 Å². The third-order valence-electron chi connectivity index (χ3n) is 2.81. The Morgan fingerprint density at radius 1 is 1.17 bits per heavy atom. The smallest absolute Gasteiger partial charge is 0.123 e. The van der Waals surface area contributed by atoms with Crippen LogP contribution in [0.1, 0.15) is 17.2 Å². The molecule has 0 aromatic heterocycles. The van der Waals surface area contributed by atoms with Crippen LogP contribution >= 0.6 is 22.6 Å². The highest BCUT2D eigenvalue weighted by Crippen LogP contribution is 2.19. The van der Waals surface area contributed by atoms with E-state index in [1.165, 1.54) is 21.3 Å². The molecule has 0 bridgehead atoms. The summed E-state index contributed by atoms with van der Waals surface area (Å²) in [7, 11) is 0. The third kappa shape index (κ3) is 3.51. The second-order valence-corrected chi connectivity index (χ2v) is 5.35. The van der Waals surface area contributed by atoms with Gasteiger partial charge in [0.05, 0.1) is 6.04 Å². The van der Waals surface area contributed by atoms with Crippen molar-refractivity contribution in [3.8, 4) is 0 Å². The minimum absolute atomic E-state index is 0.0826. The maximum atomic E-state index is 13.2. The standard InChI is InChI=1S/C14H14FIN2/c15-12-3-1-2-11(9-12)14(18-17)8-10-4-6-13(16)7-5-10/h1-7,9,14,18H,8,17H2. The van der Waals surface area contributed by atoms with Gasteiger partial charge in [0, 0.05) is 3.57 Å². The van der Waals surface area contributed by atoms with Crippen LogP contribution in [0.4, 0.5) is 4.39 Å². The maximum Gasteiger partial charge on any atom is 0.123 e. The molecular formula is C14H14FIN2. The first kappa shape index (κ1) is 13.5. The highest BCUT2D eigenvalue weighted by molar-refractivity contribution is 14.1. The summed E-state index contributed by atoms with van der Waals surface area (Å²) in [5, 5.41) is 0. The summed E-state index contributed by atoms with van der Waals surface area (Å²) < 4.78 is 14.4. The molecule has 0 saturated heterocycles. The molecule has 1 unspecified atom stereocenters. The van der Waals surface area contributed by atoms with Crippen molar-refractivity contribution in [2.45, 2.75) is 12.5 Å². The van der Waals surface area contributed by atoms with E-state index in [1.54, 1.807) is 6.07 Å². The van der Waals surface area contributed by atoms with Crippen molar-refractivity contribution in [2.24, 2.45) is 5.84 Å². The van der Waals surface area contributed by atoms with Gasteiger partial charge in [-0.1, -0.05) is 24.3 Å². The van der Waals surface area contributed by atoms with Crippen molar-refractivity contribution in [1.82, 2.24) is 5.43 Å². The Balaban J connectivity index is 2.17. The number of nitrogens with one attached hydrogen (secondary N) is 1. The predicted molar refractivity (Wildman–Crippen MR) is 79.3 cm³/mol. The SMILES string of the molecule is NNC(Cc1ccc(I)cc1)c1cccc(F)c1. The summed E-state index contributed by atoms with van der Waals surface area (Å²) in [4.78, 5) is 0. The third-order valence-corrected chi connectivity index (χ3v) is 3.52. The van der Waals surface area contributed by atoms with Crippen LogP contribution in [-0.2, 0) is 6.42 Å². The molecule has 3 N–H and O–H groups in total. The number of halogens is 2. The van der Waals surface area contributed by atoms with E-state index in [2.05, 4.69) is 52.3 Å². The summed E-state index contributed by atoms with van der Waals surface area (Å²) in [5.41, 5.74) is 4.77. The Labute approximate surface area is 120 Å². The lowest BCUT2D eigenvalue weighted by Crippen LogP contribution is -2.29. The van der Waals surface area contributed by atoms with Gasteiger partial charge in [0.1, 0.15) is 5.82 Å². The van der Waals surface area contributed by atoms with Gasteiger partial charge in [0.15, 0.2) is 0 Å². The molecule has 4 heteroatoms. The maximum absolute atomic E-state index is 13.2. The lowest BCUT2D eigenvalue weighted by atomic mass is 9.99. The van der Waals surface area contributed by atoms with E-state index < -0.39 is 0 Å². The lowest BCUT2D eigenvalue weighted by Gasteiger charge is -2.16. The van der Waals surface area contributed by atoms with E-state index in [1.807, 2.05) is 6.07 Å². The van der Waals surface area contributed by atoms with Crippen LogP contribution in [-0.4, -0.2) is 0 Å². The Morgan fingerprint density at radius 3 is 2.50 bits per heavy atom. The molecule has 1 atom stereocenters. The van der Waals surface area contributed by atoms with Gasteiger partial charge < -0.3 is 0 Å². The van der Waals surface area contributed by atoms with Gasteiger partial charge in [-0.15, -0.1) is 0 Å². The van der Waals surface area contributed by atoms with Crippen molar-refractivity contribution in [3.63, 3.8) is 0 Å². The number of nitrogens with two attached hydrogens (primary N) is 1. The second-order valence-electron chi connectivity index (χ2n) is 4.10. The molecule has 0 radical (unpaired) electrons. The monoisotopic (exact) mass is 356 g/mol. The summed E-state index contributed by atoms with van der Waals surface area (Å²) in [5.74, 6) is 5.32. The van der Waals surface area contributed by atoms with Crippen molar-refractivity contribution < 1.29 is 4.39 Å². The van der Waals surface area contributed by atoms with E-state index in [0.29, 0.717) is 0 Å². The average Bonchev–Trinajstić information content (AvgIpc) is 2.38. The minimum Gasteiger partial charge on any atom is -0.271 e. The molecule has 18 heavy (non-hydrogen) atoms. The molecule has 0 amide bonds. The number of benzene rings is 2. The summed E-state index contributed by atoms with van der Waals surface area (Å²) in [6.45, 7) is 0. The molecule has 0 aliphatic heterocycles. The fourth-order valence-electron chi connectivity index (χ4n) is 1.85. The highest BCUT2D eigenvalue weighted by atomic mass is 127. The quantitative estimate of drug-likeness (QED) is 0.502. The Morgan fingerprint density at radius 2 is 1.89 bits per heavy atom. The van der Waals surface area contributed by atoms with Crippen LogP contribution in [0.2, 0.25) is 0 Å². The van der Waals surface area contributed by atoms with Gasteiger partial charge in [-0.3, -0.25) is 11.3 Å². The molecule has 0 fully saturated rings. The molecule has 0 aliphatic rings. The van der Waals surface area contributed by atoms with Gasteiger partial charge in [0.2, 0.25) is 0 Å². The number of hydrogen-bond acceptors (Lipinski definition) is 2. The largest absolute Gasteiger partial charge is 0.271 e. The summed E-state index contributed by atoms with van der Waals surface area (Å²) in [6.07, 6.45) is 0.733. The molecule has 0 saturated carbocycles. The van der Waals surface area contributed by atoms with E-state index in [4.69, 9.17) is 5.84 Å². The van der Waals surface area contributed by atoms with E-state index in [9.17, 15) is 4.39 Å². The van der Waals surface area contributed by atoms with Crippen LogP contribution in [0.5, 0.6) is 0 Å². The van der Waals surface area contributed by atoms with E-state index in [-0.39, 0.29) is 11.9 Å². The van der Waals surface area contributed by atoms with E-state index in [0.717, 1.165) is 12.0 Å². The van der Waals surface area contributed by atoms with Crippen LogP contribution in [0.3, 0.4) is 0 Å². The number of hydrogen-bond donors (Lipinski definition) is 2. The first-order valence-corrected chi connectivity index (χ1v) is 6.73. The predicted octanol–water partition coefficient (Wildman–Crippen LogP) is 3.18.